The predicted octanol–water partition coefficient (Wildman–Crippen LogP) is 5.10. The normalized spacial score (nSPS) is 12.8. The fourth-order valence-electron chi connectivity index (χ4n) is 2.59. The largest absolute Gasteiger partial charge is 0.414 e. The molecule has 6 nitrogen and oxygen atoms in total. The molecule has 0 fully saturated rings. The number of rotatable bonds is 10. The van der Waals surface area contributed by atoms with Crippen LogP contribution in [0, 0.1) is 6.92 Å². The lowest BCUT2D eigenvalue weighted by atomic mass is 10.2. The van der Waals surface area contributed by atoms with Crippen LogP contribution in [-0.4, -0.2) is 30.6 Å². The van der Waals surface area contributed by atoms with Crippen LogP contribution in [0.1, 0.15) is 29.5 Å². The van der Waals surface area contributed by atoms with Crippen LogP contribution >= 0.6 is 35.1 Å². The zero-order valence-electron chi connectivity index (χ0n) is 16.5. The molecule has 1 unspecified atom stereocenters. The van der Waals surface area contributed by atoms with Gasteiger partial charge in [-0.25, -0.2) is 8.42 Å². The molecule has 1 aromatic heterocycles. The Labute approximate surface area is 190 Å². The molecule has 30 heavy (non-hydrogen) atoms. The Balaban J connectivity index is 1.72. The van der Waals surface area contributed by atoms with Gasteiger partial charge in [-0.1, -0.05) is 53.2 Å². The molecule has 0 bridgehead atoms. The number of hydrogen-bond acceptors (Lipinski definition) is 7. The van der Waals surface area contributed by atoms with E-state index in [0.29, 0.717) is 22.4 Å². The minimum atomic E-state index is -3.71. The maximum absolute atomic E-state index is 12.8. The first-order chi connectivity index (χ1) is 14.4. The maximum atomic E-state index is 12.8. The standard InChI is InChI=1S/C20H22ClN3O3S3/c1-14-3-9-17(10-4-14)30(25,26)24-18(11-12-28-2)19-22-23-20(27-19)29-13-15-5-7-16(21)8-6-15/h3-10,18,24H,11-13H2,1-2H3. The second-order valence-corrected chi connectivity index (χ2v) is 10.7. The van der Waals surface area contributed by atoms with Gasteiger partial charge in [0, 0.05) is 10.8 Å². The molecule has 0 saturated heterocycles. The van der Waals surface area contributed by atoms with E-state index in [4.69, 9.17) is 16.0 Å². The van der Waals surface area contributed by atoms with Gasteiger partial charge in [-0.2, -0.15) is 16.5 Å². The van der Waals surface area contributed by atoms with E-state index in [1.54, 1.807) is 36.0 Å². The van der Waals surface area contributed by atoms with E-state index in [9.17, 15) is 8.42 Å². The van der Waals surface area contributed by atoms with Gasteiger partial charge in [0.1, 0.15) is 6.04 Å². The van der Waals surface area contributed by atoms with Gasteiger partial charge in [0.05, 0.1) is 4.90 Å². The van der Waals surface area contributed by atoms with Crippen LogP contribution in [-0.2, 0) is 15.8 Å². The van der Waals surface area contributed by atoms with Gasteiger partial charge in [-0.15, -0.1) is 10.2 Å². The summed E-state index contributed by atoms with van der Waals surface area (Å²) < 4.78 is 34.1. The molecule has 160 valence electrons. The third-order valence-electron chi connectivity index (χ3n) is 4.24. The van der Waals surface area contributed by atoms with Crippen LogP contribution in [0.2, 0.25) is 5.02 Å². The Morgan fingerprint density at radius 2 is 1.80 bits per heavy atom. The van der Waals surface area contributed by atoms with E-state index in [1.807, 2.05) is 37.4 Å². The van der Waals surface area contributed by atoms with Crippen LogP contribution < -0.4 is 4.72 Å². The predicted molar refractivity (Wildman–Crippen MR) is 123 cm³/mol. The van der Waals surface area contributed by atoms with E-state index in [0.717, 1.165) is 16.9 Å². The molecule has 0 aliphatic heterocycles. The molecule has 0 radical (unpaired) electrons. The molecule has 2 aromatic carbocycles. The van der Waals surface area contributed by atoms with Crippen molar-refractivity contribution < 1.29 is 12.8 Å². The van der Waals surface area contributed by atoms with Crippen molar-refractivity contribution in [2.24, 2.45) is 0 Å². The minimum absolute atomic E-state index is 0.208. The van der Waals surface area contributed by atoms with Crippen LogP contribution in [0.5, 0.6) is 0 Å². The minimum Gasteiger partial charge on any atom is -0.414 e. The van der Waals surface area contributed by atoms with Gasteiger partial charge in [0.2, 0.25) is 15.9 Å². The van der Waals surface area contributed by atoms with Crippen LogP contribution in [0.15, 0.2) is 63.1 Å². The van der Waals surface area contributed by atoms with Gasteiger partial charge < -0.3 is 4.42 Å². The molecule has 0 spiro atoms. The summed E-state index contributed by atoms with van der Waals surface area (Å²) in [5.74, 6) is 1.65. The molecule has 3 rings (SSSR count). The molecule has 0 aliphatic rings. The number of halogens is 1. The van der Waals surface area contributed by atoms with E-state index in [2.05, 4.69) is 14.9 Å². The number of nitrogens with zero attached hydrogens (tertiary/aromatic N) is 2. The summed E-state index contributed by atoms with van der Waals surface area (Å²) in [5.41, 5.74) is 2.07. The molecular weight excluding hydrogens is 462 g/mol. The Bertz CT molecular complexity index is 1050. The highest BCUT2D eigenvalue weighted by atomic mass is 35.5. The fourth-order valence-corrected chi connectivity index (χ4v) is 5.13. The van der Waals surface area contributed by atoms with Crippen molar-refractivity contribution in [3.63, 3.8) is 0 Å². The van der Waals surface area contributed by atoms with Gasteiger partial charge in [0.15, 0.2) is 0 Å². The lowest BCUT2D eigenvalue weighted by Gasteiger charge is -2.15. The third kappa shape index (κ3) is 6.49. The van der Waals surface area contributed by atoms with Crippen molar-refractivity contribution in [3.8, 4) is 0 Å². The van der Waals surface area contributed by atoms with Crippen molar-refractivity contribution in [3.05, 3.63) is 70.6 Å². The highest BCUT2D eigenvalue weighted by Gasteiger charge is 2.25. The van der Waals surface area contributed by atoms with Gasteiger partial charge in [0.25, 0.3) is 5.22 Å². The summed E-state index contributed by atoms with van der Waals surface area (Å²) >= 11 is 8.92. The van der Waals surface area contributed by atoms with Crippen molar-refractivity contribution >= 4 is 45.1 Å². The van der Waals surface area contributed by atoms with Gasteiger partial charge in [-0.05, 0) is 55.2 Å². The number of thioether (sulfide) groups is 2. The van der Waals surface area contributed by atoms with Crippen molar-refractivity contribution in [1.82, 2.24) is 14.9 Å². The summed E-state index contributed by atoms with van der Waals surface area (Å²) in [6, 6.07) is 13.6. The maximum Gasteiger partial charge on any atom is 0.276 e. The number of aromatic nitrogens is 2. The lowest BCUT2D eigenvalue weighted by molar-refractivity contribution is 0.371. The van der Waals surface area contributed by atoms with Crippen molar-refractivity contribution in [2.75, 3.05) is 12.0 Å². The van der Waals surface area contributed by atoms with Crippen molar-refractivity contribution in [2.45, 2.75) is 35.3 Å². The third-order valence-corrected chi connectivity index (χ3v) is 7.51. The quantitative estimate of drug-likeness (QED) is 0.401. The summed E-state index contributed by atoms with van der Waals surface area (Å²) in [5, 5.41) is 9.24. The first-order valence-corrected chi connectivity index (χ1v) is 13.4. The number of benzene rings is 2. The molecule has 1 atom stereocenters. The molecule has 1 N–H and O–H groups in total. The van der Waals surface area contributed by atoms with Crippen LogP contribution in [0.3, 0.4) is 0 Å². The first kappa shape index (κ1) is 23.1. The van der Waals surface area contributed by atoms with E-state index < -0.39 is 16.1 Å². The number of nitrogens with one attached hydrogen (secondary N) is 1. The zero-order valence-corrected chi connectivity index (χ0v) is 19.7. The summed E-state index contributed by atoms with van der Waals surface area (Å²) in [6.07, 6.45) is 2.50. The number of hydrogen-bond donors (Lipinski definition) is 1. The molecule has 0 saturated carbocycles. The summed E-state index contributed by atoms with van der Waals surface area (Å²) in [6.45, 7) is 1.91. The summed E-state index contributed by atoms with van der Waals surface area (Å²) in [4.78, 5) is 0.208. The smallest absolute Gasteiger partial charge is 0.276 e. The molecule has 0 amide bonds. The average Bonchev–Trinajstić information content (AvgIpc) is 3.20. The summed E-state index contributed by atoms with van der Waals surface area (Å²) in [7, 11) is -3.71. The lowest BCUT2D eigenvalue weighted by Crippen LogP contribution is -2.29. The van der Waals surface area contributed by atoms with E-state index in [1.165, 1.54) is 11.8 Å². The Morgan fingerprint density at radius 1 is 1.10 bits per heavy atom. The fraction of sp³-hybridized carbons (Fsp3) is 0.300. The first-order valence-electron chi connectivity index (χ1n) is 9.16. The highest BCUT2D eigenvalue weighted by molar-refractivity contribution is 7.98. The zero-order chi connectivity index (χ0) is 21.6. The molecule has 3 aromatic rings. The van der Waals surface area contributed by atoms with E-state index in [-0.39, 0.29) is 10.8 Å². The topological polar surface area (TPSA) is 85.1 Å². The number of sulfonamides is 1. The van der Waals surface area contributed by atoms with Gasteiger partial charge in [-0.3, -0.25) is 0 Å². The number of aryl methyl sites for hydroxylation is 1. The SMILES string of the molecule is CSCCC(NS(=O)(=O)c1ccc(C)cc1)c1nnc(SCc2ccc(Cl)cc2)o1. The molecule has 0 aliphatic carbocycles. The van der Waals surface area contributed by atoms with E-state index >= 15 is 0 Å². The monoisotopic (exact) mass is 483 g/mol. The average molecular weight is 484 g/mol. The second kappa shape index (κ2) is 10.7. The molecule has 10 heteroatoms. The Morgan fingerprint density at radius 3 is 2.47 bits per heavy atom. The Kier molecular flexibility index (Phi) is 8.24. The molecule has 1 heterocycles. The second-order valence-electron chi connectivity index (χ2n) is 6.59. The Hall–Kier alpha value is -1.52. The molecular formula is C20H22ClN3O3S3. The highest BCUT2D eigenvalue weighted by Crippen LogP contribution is 2.27. The van der Waals surface area contributed by atoms with Crippen molar-refractivity contribution in [1.29, 1.82) is 0 Å². The van der Waals surface area contributed by atoms with Crippen LogP contribution in [0.4, 0.5) is 0 Å². The van der Waals surface area contributed by atoms with Crippen LogP contribution in [0.25, 0.3) is 0 Å². The van der Waals surface area contributed by atoms with Gasteiger partial charge >= 0.3 is 0 Å².